The first kappa shape index (κ1) is 15.1. The summed E-state index contributed by atoms with van der Waals surface area (Å²) in [6.07, 6.45) is 0.878. The molecule has 3 N–H and O–H groups in total. The first-order chi connectivity index (χ1) is 9.49. The maximum atomic E-state index is 12.9. The Hall–Kier alpha value is -1.34. The molecule has 0 bridgehead atoms. The van der Waals surface area contributed by atoms with Gasteiger partial charge < -0.3 is 25.3 Å². The molecule has 1 amide bonds. The maximum Gasteiger partial charge on any atom is 0.236 e. The van der Waals surface area contributed by atoms with Crippen molar-refractivity contribution in [3.63, 3.8) is 0 Å². The zero-order valence-electron chi connectivity index (χ0n) is 12.0. The third-order valence-corrected chi connectivity index (χ3v) is 4.06. The highest BCUT2D eigenvalue weighted by atomic mass is 16.5. The maximum absolute atomic E-state index is 12.9. The molecule has 0 unspecified atom stereocenters. The number of nitrogens with two attached hydrogens (primary N) is 1. The van der Waals surface area contributed by atoms with Gasteiger partial charge in [0.1, 0.15) is 5.41 Å². The van der Waals surface area contributed by atoms with Gasteiger partial charge in [-0.15, -0.1) is 0 Å². The average Bonchev–Trinajstić information content (AvgIpc) is 2.45. The predicted octanol–water partition coefficient (Wildman–Crippen LogP) is 0.165. The van der Waals surface area contributed by atoms with Gasteiger partial charge in [-0.2, -0.15) is 0 Å². The first-order valence-corrected chi connectivity index (χ1v) is 7.00. The normalized spacial score (nSPS) is 31.1. The van der Waals surface area contributed by atoms with Gasteiger partial charge in [-0.1, -0.05) is 5.16 Å². The highest BCUT2D eigenvalue weighted by Crippen LogP contribution is 2.34. The summed E-state index contributed by atoms with van der Waals surface area (Å²) in [5.74, 6) is -0.101. The summed E-state index contributed by atoms with van der Waals surface area (Å²) in [5.41, 5.74) is 4.88. The number of amides is 1. The number of nitrogens with zero attached hydrogens (tertiary/aromatic N) is 2. The molecule has 2 saturated heterocycles. The minimum absolute atomic E-state index is 0.00752. The van der Waals surface area contributed by atoms with E-state index in [-0.39, 0.29) is 24.0 Å². The second-order valence-electron chi connectivity index (χ2n) is 5.65. The Morgan fingerprint density at radius 3 is 2.35 bits per heavy atom. The fraction of sp³-hybridized carbons (Fsp3) is 0.846. The molecule has 0 aromatic rings. The number of hydrogen-bond donors (Lipinski definition) is 2. The molecule has 7 heteroatoms. The van der Waals surface area contributed by atoms with Crippen molar-refractivity contribution in [1.82, 2.24) is 4.90 Å². The Morgan fingerprint density at radius 1 is 1.30 bits per heavy atom. The third-order valence-electron chi connectivity index (χ3n) is 4.06. The van der Waals surface area contributed by atoms with Crippen LogP contribution in [0.2, 0.25) is 0 Å². The van der Waals surface area contributed by atoms with E-state index in [0.29, 0.717) is 39.1 Å². The summed E-state index contributed by atoms with van der Waals surface area (Å²) in [5, 5.41) is 12.1. The summed E-state index contributed by atoms with van der Waals surface area (Å²) in [6, 6.07) is 0. The Kier molecular flexibility index (Phi) is 4.49. The second-order valence-corrected chi connectivity index (χ2v) is 5.65. The first-order valence-electron chi connectivity index (χ1n) is 7.00. The summed E-state index contributed by atoms with van der Waals surface area (Å²) in [6.45, 7) is 5.83. The summed E-state index contributed by atoms with van der Waals surface area (Å²) < 4.78 is 11.0. The highest BCUT2D eigenvalue weighted by Gasteiger charge is 2.47. The Balaban J connectivity index is 2.22. The van der Waals surface area contributed by atoms with Crippen LogP contribution in [-0.2, 0) is 14.3 Å². The molecule has 0 radical (unpaired) electrons. The molecule has 0 aromatic carbocycles. The van der Waals surface area contributed by atoms with Gasteiger partial charge in [0.05, 0.1) is 12.2 Å². The smallest absolute Gasteiger partial charge is 0.236 e. The van der Waals surface area contributed by atoms with E-state index >= 15 is 0 Å². The fourth-order valence-corrected chi connectivity index (χ4v) is 3.04. The van der Waals surface area contributed by atoms with Crippen molar-refractivity contribution < 1.29 is 19.5 Å². The number of oxime groups is 1. The van der Waals surface area contributed by atoms with Crippen molar-refractivity contribution in [3.05, 3.63) is 0 Å². The molecular weight excluding hydrogens is 262 g/mol. The summed E-state index contributed by atoms with van der Waals surface area (Å²) in [7, 11) is 0. The van der Waals surface area contributed by atoms with Crippen LogP contribution in [-0.4, -0.2) is 60.4 Å². The SMILES string of the molecule is C[C@@H]1CN(C(=O)C2(C(N)=NO)CCOCC2)C[C@H](C)O1. The standard InChI is InChI=1S/C13H23N3O4/c1-9-7-16(8-10(2)20-9)12(17)13(11(14)15-18)3-5-19-6-4-13/h9-10,18H,3-8H2,1-2H3,(H2,14,15)/t9-,10+. The number of morpholine rings is 1. The lowest BCUT2D eigenvalue weighted by Crippen LogP contribution is -2.58. The molecule has 2 aliphatic rings. The molecule has 20 heavy (non-hydrogen) atoms. The molecular formula is C13H23N3O4. The lowest BCUT2D eigenvalue weighted by atomic mass is 9.77. The summed E-state index contributed by atoms with van der Waals surface area (Å²) >= 11 is 0. The molecule has 2 rings (SSSR count). The van der Waals surface area contributed by atoms with Crippen LogP contribution in [0.25, 0.3) is 0 Å². The molecule has 2 aliphatic heterocycles. The van der Waals surface area contributed by atoms with E-state index in [1.807, 2.05) is 13.8 Å². The van der Waals surface area contributed by atoms with E-state index in [2.05, 4.69) is 5.16 Å². The van der Waals surface area contributed by atoms with Crippen LogP contribution < -0.4 is 5.73 Å². The van der Waals surface area contributed by atoms with Crippen LogP contribution in [0.4, 0.5) is 0 Å². The van der Waals surface area contributed by atoms with Crippen LogP contribution in [0.5, 0.6) is 0 Å². The van der Waals surface area contributed by atoms with Crippen LogP contribution in [0.15, 0.2) is 5.16 Å². The topological polar surface area (TPSA) is 97.4 Å². The second kappa shape index (κ2) is 5.97. The number of amidine groups is 1. The molecule has 0 spiro atoms. The van der Waals surface area contributed by atoms with E-state index in [4.69, 9.17) is 20.4 Å². The molecule has 114 valence electrons. The van der Waals surface area contributed by atoms with E-state index < -0.39 is 5.41 Å². The quantitative estimate of drug-likeness (QED) is 0.326. The van der Waals surface area contributed by atoms with Crippen molar-refractivity contribution in [1.29, 1.82) is 0 Å². The molecule has 7 nitrogen and oxygen atoms in total. The van der Waals surface area contributed by atoms with E-state index in [9.17, 15) is 4.79 Å². The van der Waals surface area contributed by atoms with Gasteiger partial charge >= 0.3 is 0 Å². The van der Waals surface area contributed by atoms with E-state index in [0.717, 1.165) is 0 Å². The molecule has 2 atom stereocenters. The zero-order chi connectivity index (χ0) is 14.8. The van der Waals surface area contributed by atoms with Crippen molar-refractivity contribution in [2.75, 3.05) is 26.3 Å². The van der Waals surface area contributed by atoms with Crippen LogP contribution >= 0.6 is 0 Å². The fourth-order valence-electron chi connectivity index (χ4n) is 3.04. The van der Waals surface area contributed by atoms with E-state index in [1.165, 1.54) is 0 Å². The van der Waals surface area contributed by atoms with Crippen LogP contribution in [0.1, 0.15) is 26.7 Å². The lowest BCUT2D eigenvalue weighted by molar-refractivity contribution is -0.154. The van der Waals surface area contributed by atoms with Gasteiger partial charge in [-0.3, -0.25) is 4.79 Å². The van der Waals surface area contributed by atoms with Gasteiger partial charge in [0, 0.05) is 26.3 Å². The van der Waals surface area contributed by atoms with Crippen LogP contribution in [0, 0.1) is 5.41 Å². The Labute approximate surface area is 118 Å². The average molecular weight is 285 g/mol. The van der Waals surface area contributed by atoms with Gasteiger partial charge in [0.15, 0.2) is 5.84 Å². The van der Waals surface area contributed by atoms with Gasteiger partial charge in [0.2, 0.25) is 5.91 Å². The van der Waals surface area contributed by atoms with Crippen molar-refractivity contribution in [3.8, 4) is 0 Å². The lowest BCUT2D eigenvalue weighted by Gasteiger charge is -2.42. The summed E-state index contributed by atoms with van der Waals surface area (Å²) in [4.78, 5) is 14.7. The Morgan fingerprint density at radius 2 is 1.85 bits per heavy atom. The van der Waals surface area contributed by atoms with Gasteiger partial charge in [-0.05, 0) is 26.7 Å². The largest absolute Gasteiger partial charge is 0.409 e. The minimum Gasteiger partial charge on any atom is -0.409 e. The zero-order valence-corrected chi connectivity index (χ0v) is 12.0. The Bertz CT molecular complexity index is 383. The molecule has 0 saturated carbocycles. The van der Waals surface area contributed by atoms with Gasteiger partial charge in [0.25, 0.3) is 0 Å². The predicted molar refractivity (Wildman–Crippen MR) is 72.5 cm³/mol. The molecule has 2 fully saturated rings. The van der Waals surface area contributed by atoms with Crippen molar-refractivity contribution in [2.45, 2.75) is 38.9 Å². The number of carbonyl (C=O) groups is 1. The van der Waals surface area contributed by atoms with Crippen molar-refractivity contribution >= 4 is 11.7 Å². The number of ether oxygens (including phenoxy) is 2. The molecule has 0 aromatic heterocycles. The monoisotopic (exact) mass is 285 g/mol. The van der Waals surface area contributed by atoms with Crippen molar-refractivity contribution in [2.24, 2.45) is 16.3 Å². The third kappa shape index (κ3) is 2.73. The molecule has 2 heterocycles. The van der Waals surface area contributed by atoms with Gasteiger partial charge in [-0.25, -0.2) is 0 Å². The highest BCUT2D eigenvalue weighted by molar-refractivity contribution is 6.06. The van der Waals surface area contributed by atoms with Crippen LogP contribution in [0.3, 0.4) is 0 Å². The molecule has 0 aliphatic carbocycles. The number of hydrogen-bond acceptors (Lipinski definition) is 5. The number of rotatable bonds is 2. The minimum atomic E-state index is -0.941. The number of carbonyl (C=O) groups excluding carboxylic acids is 1. The van der Waals surface area contributed by atoms with E-state index in [1.54, 1.807) is 4.90 Å².